The van der Waals surface area contributed by atoms with E-state index in [1.807, 2.05) is 65.7 Å². The quantitative estimate of drug-likeness (QED) is 0.332. The maximum Gasteiger partial charge on any atom is 0.229 e. The van der Waals surface area contributed by atoms with Crippen molar-refractivity contribution in [3.8, 4) is 0 Å². The predicted octanol–water partition coefficient (Wildman–Crippen LogP) is 5.88. The van der Waals surface area contributed by atoms with Gasteiger partial charge in [0, 0.05) is 37.1 Å². The fourth-order valence-corrected chi connectivity index (χ4v) is 6.01. The molecule has 3 aromatic rings. The summed E-state index contributed by atoms with van der Waals surface area (Å²) in [5, 5.41) is 3.86. The van der Waals surface area contributed by atoms with Crippen molar-refractivity contribution in [2.45, 2.75) is 44.7 Å². The van der Waals surface area contributed by atoms with Crippen LogP contribution >= 0.6 is 36.4 Å². The minimum Gasteiger partial charge on any atom is -0.349 e. The van der Waals surface area contributed by atoms with E-state index in [2.05, 4.69) is 27.3 Å². The molecule has 2 saturated heterocycles. The summed E-state index contributed by atoms with van der Waals surface area (Å²) in [6, 6.07) is 21.5. The van der Waals surface area contributed by atoms with E-state index in [1.54, 1.807) is 6.20 Å². The molecule has 0 aliphatic carbocycles. The van der Waals surface area contributed by atoms with Gasteiger partial charge in [0.1, 0.15) is 0 Å². The molecule has 1 spiro atoms. The Bertz CT molecular complexity index is 1240. The molecule has 3 heterocycles. The Hall–Kier alpha value is -2.64. The van der Waals surface area contributed by atoms with E-state index in [4.69, 9.17) is 11.6 Å². The molecule has 0 saturated carbocycles. The van der Waals surface area contributed by atoms with Crippen molar-refractivity contribution in [1.82, 2.24) is 20.1 Å². The van der Waals surface area contributed by atoms with Gasteiger partial charge in [0.15, 0.2) is 0 Å². The van der Waals surface area contributed by atoms with Crippen LogP contribution in [0.25, 0.3) is 0 Å². The van der Waals surface area contributed by atoms with Crippen LogP contribution in [-0.2, 0) is 22.6 Å². The lowest BCUT2D eigenvalue weighted by Crippen LogP contribution is -2.45. The van der Waals surface area contributed by atoms with Crippen LogP contribution in [0.15, 0.2) is 79.1 Å². The third kappa shape index (κ3) is 7.76. The summed E-state index contributed by atoms with van der Waals surface area (Å²) in [5.74, 6) is 0.268. The van der Waals surface area contributed by atoms with E-state index in [-0.39, 0.29) is 48.6 Å². The fourth-order valence-electron chi connectivity index (χ4n) is 5.80. The smallest absolute Gasteiger partial charge is 0.229 e. The molecule has 40 heavy (non-hydrogen) atoms. The highest BCUT2D eigenvalue weighted by molar-refractivity contribution is 6.31. The molecule has 2 aliphatic heterocycles. The van der Waals surface area contributed by atoms with Crippen LogP contribution in [-0.4, -0.2) is 52.8 Å². The highest BCUT2D eigenvalue weighted by Crippen LogP contribution is 2.42. The molecule has 1 N–H and O–H groups in total. The molecular weight excluding hydrogens is 567 g/mol. The normalized spacial score (nSPS) is 17.1. The van der Waals surface area contributed by atoms with Crippen molar-refractivity contribution >= 4 is 48.2 Å². The fraction of sp³-hybridized carbons (Fsp3) is 0.387. The lowest BCUT2D eigenvalue weighted by molar-refractivity contribution is -0.139. The van der Waals surface area contributed by atoms with Gasteiger partial charge in [-0.15, -0.1) is 24.8 Å². The van der Waals surface area contributed by atoms with Crippen molar-refractivity contribution < 1.29 is 9.59 Å². The molecule has 1 aromatic heterocycles. The van der Waals surface area contributed by atoms with Crippen molar-refractivity contribution in [1.29, 1.82) is 0 Å². The van der Waals surface area contributed by atoms with Gasteiger partial charge in [-0.05, 0) is 67.6 Å². The Kier molecular flexibility index (Phi) is 11.8. The summed E-state index contributed by atoms with van der Waals surface area (Å²) in [4.78, 5) is 34.9. The Balaban J connectivity index is 0.00000220. The number of hydrogen-bond donors (Lipinski definition) is 1. The first-order chi connectivity index (χ1) is 18.5. The second-order valence-corrected chi connectivity index (χ2v) is 11.0. The van der Waals surface area contributed by atoms with Crippen molar-refractivity contribution in [2.75, 3.05) is 26.2 Å². The maximum absolute atomic E-state index is 13.4. The zero-order valence-electron chi connectivity index (χ0n) is 22.5. The van der Waals surface area contributed by atoms with Gasteiger partial charge in [-0.2, -0.15) is 0 Å². The van der Waals surface area contributed by atoms with Gasteiger partial charge in [-0.25, -0.2) is 0 Å². The molecule has 2 amide bonds. The molecule has 214 valence electrons. The topological polar surface area (TPSA) is 65.5 Å². The molecule has 1 unspecified atom stereocenters. The third-order valence-corrected chi connectivity index (χ3v) is 8.46. The lowest BCUT2D eigenvalue weighted by atomic mass is 9.77. The number of likely N-dealkylation sites (tertiary alicyclic amines) is 2. The molecule has 1 atom stereocenters. The van der Waals surface area contributed by atoms with Gasteiger partial charge >= 0.3 is 0 Å². The average molecular weight is 604 g/mol. The minimum absolute atomic E-state index is 0. The molecule has 0 bridgehead atoms. The number of nitrogens with one attached hydrogen (secondary N) is 1. The number of rotatable bonds is 9. The van der Waals surface area contributed by atoms with Crippen molar-refractivity contribution in [3.63, 3.8) is 0 Å². The molecular formula is C31H37Cl3N4O2. The van der Waals surface area contributed by atoms with Gasteiger partial charge in [0.25, 0.3) is 0 Å². The molecule has 0 radical (unpaired) electrons. The summed E-state index contributed by atoms with van der Waals surface area (Å²) < 4.78 is 0. The number of benzene rings is 2. The first kappa shape index (κ1) is 31.9. The summed E-state index contributed by atoms with van der Waals surface area (Å²) in [5.41, 5.74) is 2.80. The number of hydrogen-bond acceptors (Lipinski definition) is 4. The van der Waals surface area contributed by atoms with Crippen molar-refractivity contribution in [2.24, 2.45) is 5.41 Å². The monoisotopic (exact) mass is 602 g/mol. The van der Waals surface area contributed by atoms with E-state index in [0.29, 0.717) is 17.5 Å². The molecule has 2 fully saturated rings. The van der Waals surface area contributed by atoms with Gasteiger partial charge in [-0.1, -0.05) is 66.2 Å². The van der Waals surface area contributed by atoms with E-state index < -0.39 is 0 Å². The van der Waals surface area contributed by atoms with Crippen LogP contribution < -0.4 is 5.32 Å². The Morgan fingerprint density at radius 1 is 0.950 bits per heavy atom. The highest BCUT2D eigenvalue weighted by atomic mass is 35.5. The highest BCUT2D eigenvalue weighted by Gasteiger charge is 2.47. The van der Waals surface area contributed by atoms with Crippen LogP contribution in [0.3, 0.4) is 0 Å². The van der Waals surface area contributed by atoms with E-state index in [1.165, 1.54) is 0 Å². The predicted molar refractivity (Wildman–Crippen MR) is 164 cm³/mol. The van der Waals surface area contributed by atoms with Crippen LogP contribution in [0.2, 0.25) is 5.02 Å². The molecule has 5 rings (SSSR count). The Morgan fingerprint density at radius 2 is 1.65 bits per heavy atom. The molecule has 2 aliphatic rings. The Morgan fingerprint density at radius 3 is 2.35 bits per heavy atom. The molecule has 6 nitrogen and oxygen atoms in total. The van der Waals surface area contributed by atoms with Gasteiger partial charge in [0.05, 0.1) is 17.9 Å². The standard InChI is InChI=1S/C31H35ClN4O2.2ClH/c32-27-11-5-4-10-26(27)21-29(37)34-28(25-8-2-1-3-9-25)12-17-35-18-13-31(14-19-35)15-20-36(30(31)38)23-24-7-6-16-33-22-24;;/h1-11,16,22,28H,12-15,17-21,23H2,(H,34,37);2*1H. The Labute approximate surface area is 254 Å². The number of carbonyl (C=O) groups excluding carboxylic acids is 2. The van der Waals surface area contributed by atoms with Crippen LogP contribution in [0.1, 0.15) is 48.4 Å². The summed E-state index contributed by atoms with van der Waals surface area (Å²) in [6.45, 7) is 4.14. The van der Waals surface area contributed by atoms with Crippen LogP contribution in [0, 0.1) is 5.41 Å². The first-order valence-corrected chi connectivity index (χ1v) is 13.9. The van der Waals surface area contributed by atoms with E-state index in [0.717, 1.165) is 68.6 Å². The van der Waals surface area contributed by atoms with Gasteiger partial charge in [-0.3, -0.25) is 14.6 Å². The van der Waals surface area contributed by atoms with Crippen LogP contribution in [0.5, 0.6) is 0 Å². The zero-order valence-corrected chi connectivity index (χ0v) is 24.9. The number of piperidine rings is 1. The lowest BCUT2D eigenvalue weighted by Gasteiger charge is -2.38. The van der Waals surface area contributed by atoms with Crippen molar-refractivity contribution in [3.05, 3.63) is 101 Å². The SMILES string of the molecule is Cl.Cl.O=C(Cc1ccccc1Cl)NC(CCN1CCC2(CC1)CCN(Cc1cccnc1)C2=O)c1ccccc1. The third-order valence-electron chi connectivity index (χ3n) is 8.09. The number of aromatic nitrogens is 1. The number of nitrogens with zero attached hydrogens (tertiary/aromatic N) is 3. The average Bonchev–Trinajstić information content (AvgIpc) is 3.24. The largest absolute Gasteiger partial charge is 0.349 e. The second-order valence-electron chi connectivity index (χ2n) is 10.5. The zero-order chi connectivity index (χ0) is 26.4. The maximum atomic E-state index is 13.4. The molecule has 2 aromatic carbocycles. The van der Waals surface area contributed by atoms with Gasteiger partial charge < -0.3 is 15.1 Å². The number of pyridine rings is 1. The number of amides is 2. The summed E-state index contributed by atoms with van der Waals surface area (Å²) in [6.07, 6.45) is 7.40. The number of carbonyl (C=O) groups is 2. The number of halogens is 3. The van der Waals surface area contributed by atoms with Crippen LogP contribution in [0.4, 0.5) is 0 Å². The first-order valence-electron chi connectivity index (χ1n) is 13.5. The minimum atomic E-state index is -0.222. The van der Waals surface area contributed by atoms with E-state index >= 15 is 0 Å². The summed E-state index contributed by atoms with van der Waals surface area (Å²) in [7, 11) is 0. The van der Waals surface area contributed by atoms with E-state index in [9.17, 15) is 9.59 Å². The summed E-state index contributed by atoms with van der Waals surface area (Å²) >= 11 is 6.28. The molecule has 9 heteroatoms. The second kappa shape index (κ2) is 14.8. The van der Waals surface area contributed by atoms with Gasteiger partial charge in [0.2, 0.25) is 11.8 Å².